The van der Waals surface area contributed by atoms with E-state index in [2.05, 4.69) is 14.8 Å². The molecule has 124 valence electrons. The molecule has 0 fully saturated rings. The van der Waals surface area contributed by atoms with Crippen molar-refractivity contribution in [3.63, 3.8) is 0 Å². The Hall–Kier alpha value is -2.73. The second-order valence-corrected chi connectivity index (χ2v) is 4.76. The standard InChI is InChI=1S/C15H20N4O4/c1-3-4-9-19(10-14(20)22-2)15(21)23-11-12-5-7-13(8-6-12)17-18-16/h5-8H,3-4,9-11H2,1-2H3. The van der Waals surface area contributed by atoms with Crippen molar-refractivity contribution in [2.75, 3.05) is 20.2 Å². The fourth-order valence-corrected chi connectivity index (χ4v) is 1.75. The van der Waals surface area contributed by atoms with Gasteiger partial charge in [-0.15, -0.1) is 0 Å². The lowest BCUT2D eigenvalue weighted by Gasteiger charge is -2.20. The maximum atomic E-state index is 12.1. The average molecular weight is 320 g/mol. The summed E-state index contributed by atoms with van der Waals surface area (Å²) in [6.07, 6.45) is 1.10. The minimum Gasteiger partial charge on any atom is -0.468 e. The van der Waals surface area contributed by atoms with Gasteiger partial charge in [0.05, 0.1) is 7.11 Å². The average Bonchev–Trinajstić information content (AvgIpc) is 2.57. The van der Waals surface area contributed by atoms with Gasteiger partial charge >= 0.3 is 12.1 Å². The van der Waals surface area contributed by atoms with Gasteiger partial charge in [-0.2, -0.15) is 0 Å². The first-order valence-electron chi connectivity index (χ1n) is 7.23. The van der Waals surface area contributed by atoms with E-state index < -0.39 is 12.1 Å². The molecule has 23 heavy (non-hydrogen) atoms. The van der Waals surface area contributed by atoms with Crippen LogP contribution in [0.15, 0.2) is 29.4 Å². The monoisotopic (exact) mass is 320 g/mol. The Morgan fingerprint density at radius 1 is 1.30 bits per heavy atom. The molecule has 1 aromatic rings. The van der Waals surface area contributed by atoms with Crippen LogP contribution in [0.3, 0.4) is 0 Å². The third-order valence-electron chi connectivity index (χ3n) is 3.05. The van der Waals surface area contributed by atoms with Crippen LogP contribution in [-0.2, 0) is 20.9 Å². The van der Waals surface area contributed by atoms with E-state index in [0.29, 0.717) is 12.2 Å². The van der Waals surface area contributed by atoms with Crippen LogP contribution in [0.2, 0.25) is 0 Å². The molecule has 0 heterocycles. The Labute approximate surface area is 134 Å². The summed E-state index contributed by atoms with van der Waals surface area (Å²) >= 11 is 0. The lowest BCUT2D eigenvalue weighted by molar-refractivity contribution is -0.141. The summed E-state index contributed by atoms with van der Waals surface area (Å²) in [5, 5.41) is 3.46. The predicted octanol–water partition coefficient (Wildman–Crippen LogP) is 3.54. The van der Waals surface area contributed by atoms with Crippen molar-refractivity contribution in [1.82, 2.24) is 4.90 Å². The molecule has 1 rings (SSSR count). The molecule has 0 N–H and O–H groups in total. The van der Waals surface area contributed by atoms with Crippen molar-refractivity contribution in [2.24, 2.45) is 5.11 Å². The molecule has 0 aromatic heterocycles. The van der Waals surface area contributed by atoms with Crippen LogP contribution >= 0.6 is 0 Å². The van der Waals surface area contributed by atoms with Crippen LogP contribution in [0, 0.1) is 0 Å². The van der Waals surface area contributed by atoms with Gasteiger partial charge in [0.2, 0.25) is 0 Å². The quantitative estimate of drug-likeness (QED) is 0.316. The van der Waals surface area contributed by atoms with Gasteiger partial charge in [-0.05, 0) is 17.5 Å². The molecule has 1 aromatic carbocycles. The Kier molecular flexibility index (Phi) is 8.02. The highest BCUT2D eigenvalue weighted by Gasteiger charge is 2.18. The van der Waals surface area contributed by atoms with E-state index in [1.54, 1.807) is 24.3 Å². The lowest BCUT2D eigenvalue weighted by atomic mass is 10.2. The summed E-state index contributed by atoms with van der Waals surface area (Å²) in [4.78, 5) is 27.4. The molecule has 0 unspecified atom stereocenters. The SMILES string of the molecule is CCCCN(CC(=O)OC)C(=O)OCc1ccc(N=[N+]=[N-])cc1. The first kappa shape index (κ1) is 18.3. The van der Waals surface area contributed by atoms with Gasteiger partial charge in [-0.1, -0.05) is 42.7 Å². The van der Waals surface area contributed by atoms with E-state index in [0.717, 1.165) is 18.4 Å². The number of nitrogens with zero attached hydrogens (tertiary/aromatic N) is 4. The lowest BCUT2D eigenvalue weighted by Crippen LogP contribution is -2.37. The van der Waals surface area contributed by atoms with Crippen LogP contribution in [-0.4, -0.2) is 37.2 Å². The zero-order chi connectivity index (χ0) is 17.1. The fourth-order valence-electron chi connectivity index (χ4n) is 1.75. The van der Waals surface area contributed by atoms with E-state index >= 15 is 0 Å². The topological polar surface area (TPSA) is 105 Å². The number of carbonyl (C=O) groups excluding carboxylic acids is 2. The molecular weight excluding hydrogens is 300 g/mol. The number of benzene rings is 1. The first-order valence-corrected chi connectivity index (χ1v) is 7.23. The molecule has 0 radical (unpaired) electrons. The maximum Gasteiger partial charge on any atom is 0.410 e. The van der Waals surface area contributed by atoms with Gasteiger partial charge < -0.3 is 9.47 Å². The van der Waals surface area contributed by atoms with Crippen LogP contribution in [0.4, 0.5) is 10.5 Å². The fraction of sp³-hybridized carbons (Fsp3) is 0.467. The first-order chi connectivity index (χ1) is 11.1. The van der Waals surface area contributed by atoms with Crippen molar-refractivity contribution in [3.05, 3.63) is 40.3 Å². The second kappa shape index (κ2) is 10.1. The van der Waals surface area contributed by atoms with Gasteiger partial charge in [0.15, 0.2) is 0 Å². The molecule has 8 heteroatoms. The molecule has 0 aliphatic carbocycles. The zero-order valence-corrected chi connectivity index (χ0v) is 13.3. The Bertz CT molecular complexity index is 567. The van der Waals surface area contributed by atoms with Crippen LogP contribution in [0.1, 0.15) is 25.3 Å². The molecular formula is C15H20N4O4. The maximum absolute atomic E-state index is 12.1. The minimum atomic E-state index is -0.567. The Morgan fingerprint density at radius 3 is 2.57 bits per heavy atom. The number of esters is 1. The van der Waals surface area contributed by atoms with Crippen molar-refractivity contribution >= 4 is 17.7 Å². The van der Waals surface area contributed by atoms with E-state index in [9.17, 15) is 9.59 Å². The second-order valence-electron chi connectivity index (χ2n) is 4.76. The number of ether oxygens (including phenoxy) is 2. The third kappa shape index (κ3) is 6.71. The highest BCUT2D eigenvalue weighted by Crippen LogP contribution is 2.14. The van der Waals surface area contributed by atoms with Crippen LogP contribution in [0.5, 0.6) is 0 Å². The summed E-state index contributed by atoms with van der Waals surface area (Å²) in [6, 6.07) is 6.67. The zero-order valence-electron chi connectivity index (χ0n) is 13.3. The smallest absolute Gasteiger partial charge is 0.410 e. The number of hydrogen-bond acceptors (Lipinski definition) is 5. The van der Waals surface area contributed by atoms with Crippen molar-refractivity contribution in [2.45, 2.75) is 26.4 Å². The summed E-state index contributed by atoms with van der Waals surface area (Å²) < 4.78 is 9.79. The summed E-state index contributed by atoms with van der Waals surface area (Å²) in [6.45, 7) is 2.36. The predicted molar refractivity (Wildman–Crippen MR) is 83.9 cm³/mol. The highest BCUT2D eigenvalue weighted by atomic mass is 16.6. The normalized spacial score (nSPS) is 9.65. The molecule has 0 aliphatic rings. The largest absolute Gasteiger partial charge is 0.468 e. The van der Waals surface area contributed by atoms with E-state index in [-0.39, 0.29) is 13.2 Å². The number of unbranched alkanes of at least 4 members (excludes halogenated alkanes) is 1. The third-order valence-corrected chi connectivity index (χ3v) is 3.05. The molecule has 0 spiro atoms. The van der Waals surface area contributed by atoms with E-state index in [4.69, 9.17) is 10.3 Å². The van der Waals surface area contributed by atoms with Crippen molar-refractivity contribution in [1.29, 1.82) is 0 Å². The molecule has 1 amide bonds. The number of carbonyl (C=O) groups is 2. The molecule has 0 saturated heterocycles. The molecule has 0 aliphatic heterocycles. The van der Waals surface area contributed by atoms with Crippen LogP contribution in [0.25, 0.3) is 10.4 Å². The summed E-state index contributed by atoms with van der Waals surface area (Å²) in [7, 11) is 1.27. The number of hydrogen-bond donors (Lipinski definition) is 0. The molecule has 0 saturated carbocycles. The number of amides is 1. The van der Waals surface area contributed by atoms with Gasteiger partial charge in [0.25, 0.3) is 0 Å². The number of rotatable bonds is 8. The molecule has 0 atom stereocenters. The van der Waals surface area contributed by atoms with E-state index in [1.165, 1.54) is 12.0 Å². The number of azide groups is 1. The Morgan fingerprint density at radius 2 is 2.00 bits per heavy atom. The van der Waals surface area contributed by atoms with Gasteiger partial charge in [0.1, 0.15) is 13.2 Å². The highest BCUT2D eigenvalue weighted by molar-refractivity contribution is 5.77. The van der Waals surface area contributed by atoms with Crippen molar-refractivity contribution in [3.8, 4) is 0 Å². The Balaban J connectivity index is 2.59. The number of methoxy groups -OCH3 is 1. The molecule has 8 nitrogen and oxygen atoms in total. The van der Waals surface area contributed by atoms with Crippen molar-refractivity contribution < 1.29 is 19.1 Å². The van der Waals surface area contributed by atoms with Gasteiger partial charge in [-0.25, -0.2) is 4.79 Å². The molecule has 0 bridgehead atoms. The van der Waals surface area contributed by atoms with Crippen LogP contribution < -0.4 is 0 Å². The van der Waals surface area contributed by atoms with E-state index in [1.807, 2.05) is 6.92 Å². The summed E-state index contributed by atoms with van der Waals surface area (Å²) in [5.74, 6) is -0.489. The summed E-state index contributed by atoms with van der Waals surface area (Å²) in [5.41, 5.74) is 9.57. The minimum absolute atomic E-state index is 0.0686. The van der Waals surface area contributed by atoms with Gasteiger partial charge in [0, 0.05) is 17.1 Å². The van der Waals surface area contributed by atoms with Gasteiger partial charge in [-0.3, -0.25) is 9.69 Å².